The van der Waals surface area contributed by atoms with Gasteiger partial charge < -0.3 is 10.6 Å². The number of guanidine groups is 1. The second-order valence-corrected chi connectivity index (χ2v) is 4.19. The third kappa shape index (κ3) is 2.59. The summed E-state index contributed by atoms with van der Waals surface area (Å²) < 4.78 is 0. The van der Waals surface area contributed by atoms with Gasteiger partial charge in [0.1, 0.15) is 4.99 Å². The van der Waals surface area contributed by atoms with Crippen molar-refractivity contribution in [1.82, 2.24) is 10.2 Å². The van der Waals surface area contributed by atoms with Crippen LogP contribution in [0, 0.1) is 0 Å². The number of nitrogens with zero attached hydrogens (tertiary/aromatic N) is 2. The maximum Gasteiger partial charge on any atom is 0.246 e. The number of amides is 1. The van der Waals surface area contributed by atoms with Crippen LogP contribution in [0.25, 0.3) is 0 Å². The normalized spacial score (nSPS) is 17.4. The molecular formula is C11H12N4OS. The lowest BCUT2D eigenvalue weighted by Gasteiger charge is -2.08. The maximum absolute atomic E-state index is 11.1. The Morgan fingerprint density at radius 2 is 2.12 bits per heavy atom. The van der Waals surface area contributed by atoms with Crippen LogP contribution in [-0.4, -0.2) is 35.3 Å². The number of hydrogen-bond acceptors (Lipinski definition) is 3. The van der Waals surface area contributed by atoms with Crippen molar-refractivity contribution in [3.63, 3.8) is 0 Å². The minimum Gasteiger partial charge on any atom is -0.389 e. The van der Waals surface area contributed by atoms with E-state index in [1.807, 2.05) is 0 Å². The van der Waals surface area contributed by atoms with Gasteiger partial charge in [-0.25, -0.2) is 4.99 Å². The number of benzene rings is 1. The molecule has 0 aliphatic carbocycles. The first-order valence-electron chi connectivity index (χ1n) is 5.06. The lowest BCUT2D eigenvalue weighted by atomic mass is 10.2. The van der Waals surface area contributed by atoms with Gasteiger partial charge in [-0.3, -0.25) is 10.1 Å². The molecule has 1 amide bonds. The van der Waals surface area contributed by atoms with Crippen LogP contribution in [0.2, 0.25) is 0 Å². The summed E-state index contributed by atoms with van der Waals surface area (Å²) >= 11 is 4.86. The van der Waals surface area contributed by atoms with Gasteiger partial charge in [-0.05, 0) is 24.3 Å². The molecule has 1 heterocycles. The molecule has 0 unspecified atom stereocenters. The van der Waals surface area contributed by atoms with Crippen molar-refractivity contribution in [1.29, 1.82) is 0 Å². The Morgan fingerprint density at radius 3 is 2.59 bits per heavy atom. The van der Waals surface area contributed by atoms with Gasteiger partial charge in [-0.15, -0.1) is 0 Å². The van der Waals surface area contributed by atoms with Crippen LogP contribution in [0.3, 0.4) is 0 Å². The van der Waals surface area contributed by atoms with Crippen LogP contribution in [0.15, 0.2) is 29.3 Å². The summed E-state index contributed by atoms with van der Waals surface area (Å²) in [6, 6.07) is 7.22. The molecule has 0 atom stereocenters. The first-order valence-corrected chi connectivity index (χ1v) is 5.46. The molecule has 1 aliphatic heterocycles. The van der Waals surface area contributed by atoms with Crippen molar-refractivity contribution < 1.29 is 4.79 Å². The largest absolute Gasteiger partial charge is 0.389 e. The minimum absolute atomic E-state index is 0.0500. The number of thiocarbonyl (C=S) groups is 1. The van der Waals surface area contributed by atoms with Gasteiger partial charge in [0.05, 0.1) is 12.2 Å². The summed E-state index contributed by atoms with van der Waals surface area (Å²) in [6.07, 6.45) is 0. The van der Waals surface area contributed by atoms with Gasteiger partial charge in [-0.1, -0.05) is 12.2 Å². The van der Waals surface area contributed by atoms with E-state index in [1.54, 1.807) is 36.2 Å². The topological polar surface area (TPSA) is 70.7 Å². The van der Waals surface area contributed by atoms with Crippen LogP contribution in [0.1, 0.15) is 5.56 Å². The highest BCUT2D eigenvalue weighted by atomic mass is 32.1. The first kappa shape index (κ1) is 11.5. The first-order chi connectivity index (χ1) is 8.06. The molecule has 88 valence electrons. The number of aliphatic imine (C=N–C) groups is 1. The second kappa shape index (κ2) is 4.50. The van der Waals surface area contributed by atoms with Crippen LogP contribution in [0.5, 0.6) is 0 Å². The molecule has 1 fully saturated rings. The molecule has 1 aliphatic rings. The van der Waals surface area contributed by atoms with Crippen molar-refractivity contribution in [2.24, 2.45) is 10.7 Å². The van der Waals surface area contributed by atoms with Crippen molar-refractivity contribution in [2.75, 3.05) is 13.6 Å². The van der Waals surface area contributed by atoms with Crippen molar-refractivity contribution in [3.8, 4) is 0 Å². The van der Waals surface area contributed by atoms with Gasteiger partial charge in [0.25, 0.3) is 0 Å². The molecule has 0 radical (unpaired) electrons. The molecule has 3 N–H and O–H groups in total. The van der Waals surface area contributed by atoms with E-state index in [0.29, 0.717) is 17.5 Å². The number of hydrogen-bond donors (Lipinski definition) is 2. The van der Waals surface area contributed by atoms with Crippen LogP contribution < -0.4 is 11.1 Å². The number of carbonyl (C=O) groups is 1. The summed E-state index contributed by atoms with van der Waals surface area (Å²) in [5.74, 6) is 0.504. The monoisotopic (exact) mass is 248 g/mol. The average molecular weight is 248 g/mol. The van der Waals surface area contributed by atoms with E-state index in [9.17, 15) is 4.79 Å². The minimum atomic E-state index is -0.0500. The fourth-order valence-electron chi connectivity index (χ4n) is 1.49. The lowest BCUT2D eigenvalue weighted by molar-refractivity contribution is -0.118. The van der Waals surface area contributed by atoms with Crippen molar-refractivity contribution in [2.45, 2.75) is 0 Å². The standard InChI is InChI=1S/C11H12N4OS/c1-15-6-9(16)14-11(15)13-8-4-2-7(3-5-8)10(12)17/h2-5H,6H2,1H3,(H2,12,17)(H,13,14,16). The third-order valence-corrected chi connectivity index (χ3v) is 2.62. The molecule has 2 rings (SSSR count). The van der Waals surface area contributed by atoms with E-state index in [0.717, 1.165) is 11.3 Å². The smallest absolute Gasteiger partial charge is 0.246 e. The summed E-state index contributed by atoms with van der Waals surface area (Å²) in [6.45, 7) is 0.337. The zero-order valence-corrected chi connectivity index (χ0v) is 10.1. The lowest BCUT2D eigenvalue weighted by Crippen LogP contribution is -2.26. The van der Waals surface area contributed by atoms with Gasteiger partial charge in [0, 0.05) is 12.6 Å². The van der Waals surface area contributed by atoms with Gasteiger partial charge >= 0.3 is 0 Å². The Labute approximate surface area is 104 Å². The number of nitrogens with one attached hydrogen (secondary N) is 1. The van der Waals surface area contributed by atoms with E-state index in [4.69, 9.17) is 18.0 Å². The van der Waals surface area contributed by atoms with Gasteiger partial charge in [0.2, 0.25) is 11.9 Å². The molecule has 0 aromatic heterocycles. The highest BCUT2D eigenvalue weighted by Crippen LogP contribution is 2.14. The molecule has 0 spiro atoms. The SMILES string of the molecule is CN1CC(=O)NC1=Nc1ccc(C(N)=S)cc1. The molecule has 6 heteroatoms. The maximum atomic E-state index is 11.1. The predicted molar refractivity (Wildman–Crippen MR) is 70.2 cm³/mol. The van der Waals surface area contributed by atoms with E-state index in [1.165, 1.54) is 0 Å². The highest BCUT2D eigenvalue weighted by Gasteiger charge is 2.20. The summed E-state index contributed by atoms with van der Waals surface area (Å²) in [7, 11) is 1.81. The summed E-state index contributed by atoms with van der Waals surface area (Å²) in [4.78, 5) is 17.6. The molecular weight excluding hydrogens is 236 g/mol. The van der Waals surface area contributed by atoms with E-state index in [2.05, 4.69) is 10.3 Å². The summed E-state index contributed by atoms with van der Waals surface area (Å²) in [5.41, 5.74) is 7.04. The zero-order chi connectivity index (χ0) is 12.4. The van der Waals surface area contributed by atoms with Crippen LogP contribution in [0.4, 0.5) is 5.69 Å². The van der Waals surface area contributed by atoms with Crippen LogP contribution in [-0.2, 0) is 4.79 Å². The van der Waals surface area contributed by atoms with Gasteiger partial charge in [0.15, 0.2) is 0 Å². The molecule has 0 bridgehead atoms. The molecule has 0 saturated carbocycles. The van der Waals surface area contributed by atoms with Crippen molar-refractivity contribution in [3.05, 3.63) is 29.8 Å². The van der Waals surface area contributed by atoms with E-state index in [-0.39, 0.29) is 5.91 Å². The fourth-order valence-corrected chi connectivity index (χ4v) is 1.62. The van der Waals surface area contributed by atoms with Gasteiger partial charge in [-0.2, -0.15) is 0 Å². The Kier molecular flexibility index (Phi) is 3.06. The van der Waals surface area contributed by atoms with Crippen LogP contribution >= 0.6 is 12.2 Å². The average Bonchev–Trinajstić information content (AvgIpc) is 2.58. The van der Waals surface area contributed by atoms with E-state index >= 15 is 0 Å². The van der Waals surface area contributed by atoms with E-state index < -0.39 is 0 Å². The molecule has 17 heavy (non-hydrogen) atoms. The Balaban J connectivity index is 2.21. The molecule has 1 aromatic carbocycles. The number of rotatable bonds is 2. The zero-order valence-electron chi connectivity index (χ0n) is 9.30. The number of likely N-dealkylation sites (N-methyl/N-ethyl adjacent to an activating group) is 1. The molecule has 1 aromatic rings. The Hall–Kier alpha value is -1.95. The quantitative estimate of drug-likeness (QED) is 0.742. The van der Waals surface area contributed by atoms with Crippen molar-refractivity contribution >= 4 is 34.8 Å². The summed E-state index contributed by atoms with van der Waals surface area (Å²) in [5, 5.41) is 2.68. The fraction of sp³-hybridized carbons (Fsp3) is 0.182. The number of nitrogens with two attached hydrogens (primary N) is 1. The highest BCUT2D eigenvalue weighted by molar-refractivity contribution is 7.80. The Bertz CT molecular complexity index is 495. The molecule has 1 saturated heterocycles. The molecule has 5 nitrogen and oxygen atoms in total. The Morgan fingerprint density at radius 1 is 1.47 bits per heavy atom. The predicted octanol–water partition coefficient (Wildman–Crippen LogP) is 0.370. The second-order valence-electron chi connectivity index (χ2n) is 3.75. The number of carbonyl (C=O) groups excluding carboxylic acids is 1. The third-order valence-electron chi connectivity index (χ3n) is 2.38.